The first-order valence-electron chi connectivity index (χ1n) is 17.1. The normalized spacial score (nSPS) is 20.3. The maximum Gasteiger partial charge on any atom is 0.407 e. The van der Waals surface area contributed by atoms with Crippen molar-refractivity contribution in [1.82, 2.24) is 19.7 Å². The molecule has 4 N–H and O–H groups in total. The van der Waals surface area contributed by atoms with Crippen molar-refractivity contribution < 1.29 is 37.4 Å². The second-order valence-electron chi connectivity index (χ2n) is 13.9. The van der Waals surface area contributed by atoms with E-state index in [1.807, 2.05) is 44.2 Å². The molecular formula is C34H56N4O8S. The lowest BCUT2D eigenvalue weighted by molar-refractivity contribution is -0.149. The molecule has 0 aromatic heterocycles. The molecule has 2 aliphatic rings. The van der Waals surface area contributed by atoms with Crippen molar-refractivity contribution in [1.29, 1.82) is 0 Å². The van der Waals surface area contributed by atoms with Gasteiger partial charge in [-0.1, -0.05) is 63.4 Å². The van der Waals surface area contributed by atoms with Gasteiger partial charge >= 0.3 is 12.1 Å². The smallest absolute Gasteiger partial charge is 0.407 e. The summed E-state index contributed by atoms with van der Waals surface area (Å²) in [5.74, 6) is -1.00. The van der Waals surface area contributed by atoms with Crippen molar-refractivity contribution in [3.8, 4) is 0 Å². The SMILES string of the molecule is CCOC(=O)C(C)(C)NS(=O)(=O)N(CCC(C)C)CC(O)C(Cc1ccccc1)NC(=O)C1CCC1NC(=O)OCC1CCCCC1. The molecule has 13 heteroatoms. The van der Waals surface area contributed by atoms with E-state index in [1.165, 1.54) is 20.3 Å². The number of amides is 2. The maximum atomic E-state index is 13.6. The summed E-state index contributed by atoms with van der Waals surface area (Å²) in [5.41, 5.74) is -0.693. The van der Waals surface area contributed by atoms with Gasteiger partial charge in [0.05, 0.1) is 31.3 Å². The molecule has 0 spiro atoms. The molecule has 2 saturated carbocycles. The summed E-state index contributed by atoms with van der Waals surface area (Å²) in [6, 6.07) is 8.10. The lowest BCUT2D eigenvalue weighted by atomic mass is 9.78. The van der Waals surface area contributed by atoms with Crippen LogP contribution < -0.4 is 15.4 Å². The first kappa shape index (κ1) is 38.7. The summed E-state index contributed by atoms with van der Waals surface area (Å²) < 4.78 is 41.3. The second-order valence-corrected chi connectivity index (χ2v) is 15.6. The van der Waals surface area contributed by atoms with Crippen LogP contribution in [0.3, 0.4) is 0 Å². The Morgan fingerprint density at radius 1 is 1.02 bits per heavy atom. The number of ether oxygens (including phenoxy) is 2. The van der Waals surface area contributed by atoms with E-state index in [4.69, 9.17) is 9.47 Å². The molecule has 0 bridgehead atoms. The molecule has 4 unspecified atom stereocenters. The topological polar surface area (TPSA) is 163 Å². The van der Waals surface area contributed by atoms with E-state index in [1.54, 1.807) is 6.92 Å². The van der Waals surface area contributed by atoms with Crippen LogP contribution in [0.2, 0.25) is 0 Å². The Hall–Kier alpha value is -2.74. The van der Waals surface area contributed by atoms with Gasteiger partial charge in [-0.25, -0.2) is 4.79 Å². The standard InChI is InChI=1S/C34H56N4O8S/c1-6-45-32(41)34(4,5)37-47(43,44)38(20-19-24(2)3)22-30(39)29(21-25-13-9-7-10-14-25)35-31(40)27-17-18-28(27)36-33(42)46-23-26-15-11-8-12-16-26/h7,9-10,13-14,24,26-30,37,39H,6,8,11-12,15-23H2,1-5H3,(H,35,40)(H,36,42). The molecule has 3 rings (SSSR count). The first-order valence-corrected chi connectivity index (χ1v) is 18.6. The Balaban J connectivity index is 1.71. The predicted octanol–water partition coefficient (Wildman–Crippen LogP) is 3.68. The Kier molecular flexibility index (Phi) is 14.9. The van der Waals surface area contributed by atoms with Crippen molar-refractivity contribution in [2.45, 2.75) is 116 Å². The predicted molar refractivity (Wildman–Crippen MR) is 179 cm³/mol. The molecular weight excluding hydrogens is 624 g/mol. The number of benzene rings is 1. The van der Waals surface area contributed by atoms with Gasteiger partial charge in [0.15, 0.2) is 0 Å². The minimum atomic E-state index is -4.27. The zero-order chi connectivity index (χ0) is 34.6. The monoisotopic (exact) mass is 680 g/mol. The second kappa shape index (κ2) is 18.1. The number of rotatable bonds is 18. The van der Waals surface area contributed by atoms with Gasteiger partial charge in [0.1, 0.15) is 5.54 Å². The molecule has 12 nitrogen and oxygen atoms in total. The van der Waals surface area contributed by atoms with E-state index in [2.05, 4.69) is 15.4 Å². The summed E-state index contributed by atoms with van der Waals surface area (Å²) in [6.45, 7) is 8.66. The third-order valence-electron chi connectivity index (χ3n) is 9.04. The molecule has 0 aliphatic heterocycles. The van der Waals surface area contributed by atoms with Gasteiger partial charge in [-0.05, 0) is 76.7 Å². The van der Waals surface area contributed by atoms with Gasteiger partial charge in [0, 0.05) is 19.1 Å². The fourth-order valence-electron chi connectivity index (χ4n) is 5.96. The fourth-order valence-corrected chi connectivity index (χ4v) is 7.51. The fraction of sp³-hybridized carbons (Fsp3) is 0.735. The number of hydrogen-bond donors (Lipinski definition) is 4. The Labute approximate surface area is 280 Å². The summed E-state index contributed by atoms with van der Waals surface area (Å²) >= 11 is 0. The Morgan fingerprint density at radius 3 is 2.30 bits per heavy atom. The van der Waals surface area contributed by atoms with Gasteiger partial charge in [-0.2, -0.15) is 17.4 Å². The number of alkyl carbamates (subject to hydrolysis) is 1. The minimum Gasteiger partial charge on any atom is -0.465 e. The highest BCUT2D eigenvalue weighted by atomic mass is 32.2. The lowest BCUT2D eigenvalue weighted by Crippen LogP contribution is -2.59. The van der Waals surface area contributed by atoms with Crippen LogP contribution in [0.5, 0.6) is 0 Å². The van der Waals surface area contributed by atoms with Gasteiger partial charge < -0.3 is 25.2 Å². The molecule has 0 saturated heterocycles. The van der Waals surface area contributed by atoms with E-state index in [9.17, 15) is 27.9 Å². The van der Waals surface area contributed by atoms with E-state index in [0.29, 0.717) is 31.8 Å². The molecule has 0 radical (unpaired) electrons. The quantitative estimate of drug-likeness (QED) is 0.171. The molecule has 2 fully saturated rings. The number of aliphatic hydroxyl groups excluding tert-OH is 1. The van der Waals surface area contributed by atoms with Crippen LogP contribution in [0.4, 0.5) is 4.79 Å². The van der Waals surface area contributed by atoms with Crippen LogP contribution in [0.15, 0.2) is 30.3 Å². The molecule has 1 aromatic carbocycles. The molecule has 47 heavy (non-hydrogen) atoms. The van der Waals surface area contributed by atoms with E-state index in [0.717, 1.165) is 35.6 Å². The lowest BCUT2D eigenvalue weighted by Gasteiger charge is -2.38. The van der Waals surface area contributed by atoms with Crippen LogP contribution in [0.25, 0.3) is 0 Å². The van der Waals surface area contributed by atoms with Crippen LogP contribution in [0.1, 0.15) is 91.5 Å². The van der Waals surface area contributed by atoms with Crippen LogP contribution in [-0.2, 0) is 35.7 Å². The molecule has 2 amide bonds. The molecule has 0 heterocycles. The largest absolute Gasteiger partial charge is 0.465 e. The zero-order valence-electron chi connectivity index (χ0n) is 28.7. The van der Waals surface area contributed by atoms with Crippen LogP contribution in [-0.4, -0.2) is 85.8 Å². The number of esters is 1. The summed E-state index contributed by atoms with van der Waals surface area (Å²) in [5, 5.41) is 17.4. The van der Waals surface area contributed by atoms with Crippen molar-refractivity contribution in [3.05, 3.63) is 35.9 Å². The van der Waals surface area contributed by atoms with Gasteiger partial charge in [0.2, 0.25) is 5.91 Å². The molecule has 1 aromatic rings. The van der Waals surface area contributed by atoms with Crippen LogP contribution in [0, 0.1) is 17.8 Å². The van der Waals surface area contributed by atoms with Crippen molar-refractivity contribution >= 4 is 28.2 Å². The first-order chi connectivity index (χ1) is 22.2. The van der Waals surface area contributed by atoms with Gasteiger partial charge in [0.25, 0.3) is 10.2 Å². The van der Waals surface area contributed by atoms with Gasteiger partial charge in [-0.3, -0.25) is 9.59 Å². The number of nitrogens with one attached hydrogen (secondary N) is 3. The summed E-state index contributed by atoms with van der Waals surface area (Å²) in [7, 11) is -4.27. The van der Waals surface area contributed by atoms with Crippen molar-refractivity contribution in [3.63, 3.8) is 0 Å². The summed E-state index contributed by atoms with van der Waals surface area (Å²) in [6.07, 6.45) is 5.78. The number of carbonyl (C=O) groups excluding carboxylic acids is 3. The van der Waals surface area contributed by atoms with E-state index < -0.39 is 45.9 Å². The average Bonchev–Trinajstić information content (AvgIpc) is 3.00. The molecule has 2 aliphatic carbocycles. The Morgan fingerprint density at radius 2 is 1.70 bits per heavy atom. The number of hydrogen-bond acceptors (Lipinski definition) is 8. The average molecular weight is 681 g/mol. The van der Waals surface area contributed by atoms with Gasteiger partial charge in [-0.15, -0.1) is 0 Å². The van der Waals surface area contributed by atoms with Crippen molar-refractivity contribution in [2.24, 2.45) is 17.8 Å². The number of aliphatic hydroxyl groups is 1. The van der Waals surface area contributed by atoms with E-state index in [-0.39, 0.29) is 44.0 Å². The highest BCUT2D eigenvalue weighted by Crippen LogP contribution is 2.29. The number of carbonyl (C=O) groups is 3. The van der Waals surface area contributed by atoms with E-state index >= 15 is 0 Å². The highest BCUT2D eigenvalue weighted by molar-refractivity contribution is 7.87. The third-order valence-corrected chi connectivity index (χ3v) is 10.8. The van der Waals surface area contributed by atoms with Crippen molar-refractivity contribution in [2.75, 3.05) is 26.3 Å². The highest BCUT2D eigenvalue weighted by Gasteiger charge is 2.41. The maximum absolute atomic E-state index is 13.6. The third kappa shape index (κ3) is 12.3. The summed E-state index contributed by atoms with van der Waals surface area (Å²) in [4.78, 5) is 38.6. The minimum absolute atomic E-state index is 0.0898. The van der Waals surface area contributed by atoms with Crippen LogP contribution >= 0.6 is 0 Å². The Bertz CT molecular complexity index is 1250. The number of nitrogens with zero attached hydrogens (tertiary/aromatic N) is 1. The molecule has 4 atom stereocenters. The zero-order valence-corrected chi connectivity index (χ0v) is 29.5. The molecule has 266 valence electrons.